The molecule has 0 radical (unpaired) electrons. The van der Waals surface area contributed by atoms with Crippen LogP contribution in [0.15, 0.2) is 23.1 Å². The minimum absolute atomic E-state index is 0.203. The molecule has 5 nitrogen and oxygen atoms in total. The van der Waals surface area contributed by atoms with Gasteiger partial charge in [0.25, 0.3) is 0 Å². The van der Waals surface area contributed by atoms with E-state index in [1.807, 2.05) is 0 Å². The van der Waals surface area contributed by atoms with Crippen molar-refractivity contribution in [2.24, 2.45) is 0 Å². The third kappa shape index (κ3) is 1.51. The topological polar surface area (TPSA) is 78.4 Å². The van der Waals surface area contributed by atoms with Crippen molar-refractivity contribution in [3.63, 3.8) is 0 Å². The number of aromatic carboxylic acids is 1. The van der Waals surface area contributed by atoms with E-state index < -0.39 is 5.97 Å². The van der Waals surface area contributed by atoms with E-state index in [2.05, 4.69) is 10.0 Å². The predicted octanol–water partition coefficient (Wildman–Crippen LogP) is 1.53. The summed E-state index contributed by atoms with van der Waals surface area (Å²) in [6, 6.07) is 4.23. The number of hydrogen-bond acceptors (Lipinski definition) is 3. The lowest BCUT2D eigenvalue weighted by atomic mass is 10.2. The van der Waals surface area contributed by atoms with Gasteiger partial charge in [0, 0.05) is 0 Å². The highest BCUT2D eigenvalue weighted by Gasteiger charge is 2.16. The minimum Gasteiger partial charge on any atom is -0.478 e. The number of fused-ring (bicyclic) bond motifs is 1. The van der Waals surface area contributed by atoms with Crippen LogP contribution in [0.2, 0.25) is 0 Å². The molecule has 0 atom stereocenters. The number of hydrogen-bond donors (Lipinski definition) is 3. The monoisotopic (exact) mass is 210 g/mol. The second kappa shape index (κ2) is 3.22. The zero-order chi connectivity index (χ0) is 10.1. The number of carboxylic acid groups (broad SMARTS) is 1. The Morgan fingerprint density at radius 3 is 2.93 bits per heavy atom. The number of carboxylic acids is 1. The number of benzene rings is 1. The van der Waals surface area contributed by atoms with Gasteiger partial charge < -0.3 is 10.4 Å². The Morgan fingerprint density at radius 1 is 1.43 bits per heavy atom. The first-order valence-corrected chi connectivity index (χ1v) is 4.59. The van der Waals surface area contributed by atoms with Gasteiger partial charge in [-0.05, 0) is 30.1 Å². The summed E-state index contributed by atoms with van der Waals surface area (Å²) in [5.74, 6) is -0.981. The highest BCUT2D eigenvalue weighted by Crippen LogP contribution is 2.29. The maximum absolute atomic E-state index is 10.9. The molecule has 0 aromatic heterocycles. The molecule has 2 rings (SSSR count). The SMILES string of the molecule is O=C1NSc2cc(C(=O)O)ccc2N1. The first-order chi connectivity index (χ1) is 6.66. The molecule has 1 aromatic carbocycles. The largest absolute Gasteiger partial charge is 0.478 e. The number of anilines is 1. The molecule has 6 heteroatoms. The van der Waals surface area contributed by atoms with Gasteiger partial charge >= 0.3 is 12.0 Å². The van der Waals surface area contributed by atoms with Gasteiger partial charge in [-0.2, -0.15) is 0 Å². The first kappa shape index (κ1) is 8.89. The molecule has 1 aliphatic heterocycles. The van der Waals surface area contributed by atoms with Crippen LogP contribution in [0.5, 0.6) is 0 Å². The third-order valence-corrected chi connectivity index (χ3v) is 2.58. The van der Waals surface area contributed by atoms with Crippen LogP contribution in [-0.4, -0.2) is 17.1 Å². The Balaban J connectivity index is 2.41. The van der Waals surface area contributed by atoms with Crippen molar-refractivity contribution in [3.05, 3.63) is 23.8 Å². The number of amides is 2. The molecule has 2 amide bonds. The van der Waals surface area contributed by atoms with Gasteiger partial charge in [0.15, 0.2) is 0 Å². The van der Waals surface area contributed by atoms with Gasteiger partial charge in [-0.15, -0.1) is 0 Å². The molecule has 0 saturated heterocycles. The lowest BCUT2D eigenvalue weighted by molar-refractivity contribution is 0.0696. The molecule has 0 spiro atoms. The average molecular weight is 210 g/mol. The predicted molar refractivity (Wildman–Crippen MR) is 51.4 cm³/mol. The maximum Gasteiger partial charge on any atom is 0.335 e. The third-order valence-electron chi connectivity index (χ3n) is 1.73. The maximum atomic E-state index is 10.9. The molecule has 14 heavy (non-hydrogen) atoms. The fraction of sp³-hybridized carbons (Fsp3) is 0. The van der Waals surface area contributed by atoms with Gasteiger partial charge in [0.05, 0.1) is 16.1 Å². The number of carbonyl (C=O) groups is 2. The lowest BCUT2D eigenvalue weighted by Gasteiger charge is -2.16. The Bertz CT molecular complexity index is 419. The van der Waals surface area contributed by atoms with Gasteiger partial charge in [-0.3, -0.25) is 4.72 Å². The van der Waals surface area contributed by atoms with Gasteiger partial charge in [0.2, 0.25) is 0 Å². The summed E-state index contributed by atoms with van der Waals surface area (Å²) in [4.78, 5) is 22.2. The number of urea groups is 1. The summed E-state index contributed by atoms with van der Waals surface area (Å²) in [6.07, 6.45) is 0. The van der Waals surface area contributed by atoms with E-state index >= 15 is 0 Å². The van der Waals surface area contributed by atoms with Crippen LogP contribution in [0.4, 0.5) is 10.5 Å². The average Bonchev–Trinajstić information content (AvgIpc) is 2.16. The van der Waals surface area contributed by atoms with Gasteiger partial charge in [-0.1, -0.05) is 0 Å². The van der Waals surface area contributed by atoms with Gasteiger partial charge in [-0.25, -0.2) is 9.59 Å². The van der Waals surface area contributed by atoms with E-state index in [9.17, 15) is 9.59 Å². The highest BCUT2D eigenvalue weighted by atomic mass is 32.2. The second-order valence-corrected chi connectivity index (χ2v) is 3.52. The van der Waals surface area contributed by atoms with Crippen molar-refractivity contribution >= 4 is 29.6 Å². The minimum atomic E-state index is -0.981. The molecule has 3 N–H and O–H groups in total. The standard InChI is InChI=1S/C8H6N2O3S/c11-7(12)4-1-2-5-6(3-4)14-10-8(13)9-5/h1-3H,(H,11,12)(H2,9,10,13). The van der Waals surface area contributed by atoms with Crippen LogP contribution in [0, 0.1) is 0 Å². The number of nitrogens with one attached hydrogen (secondary N) is 2. The summed E-state index contributed by atoms with van der Waals surface area (Å²) in [6.45, 7) is 0. The molecule has 1 aromatic rings. The van der Waals surface area contributed by atoms with Crippen molar-refractivity contribution in [1.29, 1.82) is 0 Å². The molecule has 72 valence electrons. The zero-order valence-electron chi connectivity index (χ0n) is 6.90. The van der Waals surface area contributed by atoms with Gasteiger partial charge in [0.1, 0.15) is 0 Å². The molecule has 1 heterocycles. The Hall–Kier alpha value is -1.69. The van der Waals surface area contributed by atoms with E-state index in [4.69, 9.17) is 5.11 Å². The Labute approximate surface area is 83.6 Å². The molecule has 0 unspecified atom stereocenters. The second-order valence-electron chi connectivity index (χ2n) is 2.67. The Kier molecular flexibility index (Phi) is 2.05. The van der Waals surface area contributed by atoms with Crippen LogP contribution >= 0.6 is 11.9 Å². The number of carbonyl (C=O) groups excluding carboxylic acids is 1. The first-order valence-electron chi connectivity index (χ1n) is 3.78. The van der Waals surface area contributed by atoms with Crippen molar-refractivity contribution in [1.82, 2.24) is 4.72 Å². The fourth-order valence-corrected chi connectivity index (χ4v) is 1.76. The van der Waals surface area contributed by atoms with E-state index in [1.54, 1.807) is 6.07 Å². The molecule has 0 fully saturated rings. The van der Waals surface area contributed by atoms with Crippen molar-refractivity contribution in [3.8, 4) is 0 Å². The summed E-state index contributed by atoms with van der Waals surface area (Å²) in [5, 5.41) is 11.3. The van der Waals surface area contributed by atoms with E-state index in [0.29, 0.717) is 10.6 Å². The molecule has 0 bridgehead atoms. The smallest absolute Gasteiger partial charge is 0.335 e. The van der Waals surface area contributed by atoms with Crippen LogP contribution in [-0.2, 0) is 0 Å². The van der Waals surface area contributed by atoms with Crippen LogP contribution < -0.4 is 10.0 Å². The molecule has 0 aliphatic carbocycles. The Morgan fingerprint density at radius 2 is 2.21 bits per heavy atom. The summed E-state index contributed by atoms with van der Waals surface area (Å²) < 4.78 is 2.48. The van der Waals surface area contributed by atoms with Crippen molar-refractivity contribution in [2.75, 3.05) is 5.32 Å². The lowest BCUT2D eigenvalue weighted by Crippen LogP contribution is -2.27. The van der Waals surface area contributed by atoms with E-state index in [-0.39, 0.29) is 11.6 Å². The number of rotatable bonds is 1. The summed E-state index contributed by atoms with van der Waals surface area (Å²) in [7, 11) is 0. The normalized spacial score (nSPS) is 13.9. The van der Waals surface area contributed by atoms with Crippen molar-refractivity contribution < 1.29 is 14.7 Å². The molecular weight excluding hydrogens is 204 g/mol. The van der Waals surface area contributed by atoms with Crippen LogP contribution in [0.3, 0.4) is 0 Å². The van der Waals surface area contributed by atoms with Crippen LogP contribution in [0.1, 0.15) is 10.4 Å². The van der Waals surface area contributed by atoms with E-state index in [0.717, 1.165) is 11.9 Å². The fourth-order valence-electron chi connectivity index (χ4n) is 1.09. The molecule has 1 aliphatic rings. The molecule has 0 saturated carbocycles. The van der Waals surface area contributed by atoms with E-state index in [1.165, 1.54) is 12.1 Å². The summed E-state index contributed by atoms with van der Waals surface area (Å²) in [5.41, 5.74) is 0.831. The van der Waals surface area contributed by atoms with Crippen LogP contribution in [0.25, 0.3) is 0 Å². The quantitative estimate of drug-likeness (QED) is 0.614. The zero-order valence-corrected chi connectivity index (χ0v) is 7.72. The van der Waals surface area contributed by atoms with Crippen molar-refractivity contribution in [2.45, 2.75) is 4.90 Å². The molecular formula is C8H6N2O3S. The summed E-state index contributed by atoms with van der Waals surface area (Å²) >= 11 is 1.10. The highest BCUT2D eigenvalue weighted by molar-refractivity contribution is 7.98.